The lowest BCUT2D eigenvalue weighted by Gasteiger charge is -2.40. The lowest BCUT2D eigenvalue weighted by atomic mass is 9.77. The molecule has 1 fully saturated rings. The Bertz CT molecular complexity index is 661. The van der Waals surface area contributed by atoms with Crippen LogP contribution >= 0.6 is 0 Å². The van der Waals surface area contributed by atoms with Crippen molar-refractivity contribution in [2.75, 3.05) is 12.9 Å². The molecule has 1 aromatic rings. The van der Waals surface area contributed by atoms with Crippen molar-refractivity contribution in [1.82, 2.24) is 14.7 Å². The van der Waals surface area contributed by atoms with Gasteiger partial charge in [0.2, 0.25) is 10.0 Å². The standard InChI is InChI=1S/C11H15N3O6S/c1-20-8(15)6-21(18,19)14-11(3-2-4-11)10-12-5-7(13-10)9(16)17/h5,14H,2-4,6H2,1H3,(H,12,13)(H,16,17). The summed E-state index contributed by atoms with van der Waals surface area (Å²) in [5.41, 5.74) is -1.11. The lowest BCUT2D eigenvalue weighted by Crippen LogP contribution is -2.52. The highest BCUT2D eigenvalue weighted by atomic mass is 32.2. The molecule has 0 bridgehead atoms. The lowest BCUT2D eigenvalue weighted by molar-refractivity contribution is -0.137. The first-order valence-electron chi connectivity index (χ1n) is 6.15. The quantitative estimate of drug-likeness (QED) is 0.605. The van der Waals surface area contributed by atoms with Crippen LogP contribution < -0.4 is 4.72 Å². The highest BCUT2D eigenvalue weighted by molar-refractivity contribution is 7.90. The van der Waals surface area contributed by atoms with Gasteiger partial charge in [-0.25, -0.2) is 22.9 Å². The molecular weight excluding hydrogens is 302 g/mol. The number of sulfonamides is 1. The number of nitrogens with zero attached hydrogens (tertiary/aromatic N) is 1. The van der Waals surface area contributed by atoms with E-state index >= 15 is 0 Å². The van der Waals surface area contributed by atoms with Crippen molar-refractivity contribution < 1.29 is 27.9 Å². The molecule has 3 N–H and O–H groups in total. The number of aromatic nitrogens is 2. The highest BCUT2D eigenvalue weighted by Crippen LogP contribution is 2.40. The average molecular weight is 317 g/mol. The van der Waals surface area contributed by atoms with Crippen LogP contribution in [0.5, 0.6) is 0 Å². The first kappa shape index (κ1) is 15.4. The van der Waals surface area contributed by atoms with Crippen molar-refractivity contribution in [3.05, 3.63) is 17.7 Å². The number of ether oxygens (including phenoxy) is 1. The van der Waals surface area contributed by atoms with E-state index in [4.69, 9.17) is 5.11 Å². The zero-order valence-electron chi connectivity index (χ0n) is 11.2. The second-order valence-electron chi connectivity index (χ2n) is 4.82. The van der Waals surface area contributed by atoms with Gasteiger partial charge in [-0.3, -0.25) is 4.79 Å². The van der Waals surface area contributed by atoms with Crippen molar-refractivity contribution >= 4 is 22.0 Å². The molecule has 116 valence electrons. The maximum atomic E-state index is 12.0. The van der Waals surface area contributed by atoms with Gasteiger partial charge in [-0.2, -0.15) is 0 Å². The van der Waals surface area contributed by atoms with Gasteiger partial charge in [0.15, 0.2) is 5.75 Å². The van der Waals surface area contributed by atoms with Gasteiger partial charge in [0.25, 0.3) is 0 Å². The minimum absolute atomic E-state index is 0.122. The predicted molar refractivity (Wildman–Crippen MR) is 70.0 cm³/mol. The molecular formula is C11H15N3O6S. The van der Waals surface area contributed by atoms with Crippen molar-refractivity contribution in [2.45, 2.75) is 24.8 Å². The number of hydrogen-bond donors (Lipinski definition) is 3. The number of carboxylic acid groups (broad SMARTS) is 1. The third kappa shape index (κ3) is 3.22. The van der Waals surface area contributed by atoms with E-state index in [1.165, 1.54) is 0 Å². The molecule has 2 rings (SSSR count). The minimum Gasteiger partial charge on any atom is -0.477 e. The van der Waals surface area contributed by atoms with Gasteiger partial charge < -0.3 is 14.8 Å². The summed E-state index contributed by atoms with van der Waals surface area (Å²) < 4.78 is 30.7. The molecule has 9 nitrogen and oxygen atoms in total. The number of H-pyrrole nitrogens is 1. The second kappa shape index (κ2) is 5.45. The number of hydrogen-bond acceptors (Lipinski definition) is 6. The second-order valence-corrected chi connectivity index (χ2v) is 6.55. The van der Waals surface area contributed by atoms with Crippen LogP contribution in [0.25, 0.3) is 0 Å². The smallest absolute Gasteiger partial charge is 0.353 e. The number of carboxylic acids is 1. The predicted octanol–water partition coefficient (Wildman–Crippen LogP) is -0.420. The molecule has 21 heavy (non-hydrogen) atoms. The summed E-state index contributed by atoms with van der Waals surface area (Å²) in [7, 11) is -2.80. The van der Waals surface area contributed by atoms with Crippen LogP contribution in [0.3, 0.4) is 0 Å². The Morgan fingerprint density at radius 1 is 1.52 bits per heavy atom. The zero-order valence-corrected chi connectivity index (χ0v) is 12.1. The molecule has 0 radical (unpaired) electrons. The molecule has 0 aromatic carbocycles. The molecule has 0 atom stereocenters. The van der Waals surface area contributed by atoms with Gasteiger partial charge in [0.1, 0.15) is 11.5 Å². The normalized spacial score (nSPS) is 17.0. The van der Waals surface area contributed by atoms with Gasteiger partial charge in [-0.05, 0) is 19.3 Å². The summed E-state index contributed by atoms with van der Waals surface area (Å²) in [5.74, 6) is -2.61. The first-order chi connectivity index (χ1) is 9.78. The van der Waals surface area contributed by atoms with Crippen LogP contribution in [-0.2, 0) is 25.1 Å². The number of imidazole rings is 1. The number of aromatic carboxylic acids is 1. The monoisotopic (exact) mass is 317 g/mol. The zero-order chi connectivity index (χ0) is 15.7. The van der Waals surface area contributed by atoms with E-state index in [2.05, 4.69) is 19.4 Å². The topological polar surface area (TPSA) is 138 Å². The molecule has 1 aromatic heterocycles. The highest BCUT2D eigenvalue weighted by Gasteiger charge is 2.45. The van der Waals surface area contributed by atoms with E-state index in [-0.39, 0.29) is 11.5 Å². The SMILES string of the molecule is COC(=O)CS(=O)(=O)NC1(c2ncc(C(=O)O)[nH]2)CCC1. The molecule has 0 unspecified atom stereocenters. The van der Waals surface area contributed by atoms with Gasteiger partial charge in [0.05, 0.1) is 18.8 Å². The number of rotatable bonds is 6. The van der Waals surface area contributed by atoms with Crippen LogP contribution in [0.4, 0.5) is 0 Å². The molecule has 1 aliphatic rings. The van der Waals surface area contributed by atoms with Crippen LogP contribution in [0, 0.1) is 0 Å². The number of carbonyl (C=O) groups excluding carboxylic acids is 1. The van der Waals surface area contributed by atoms with E-state index in [0.29, 0.717) is 12.8 Å². The summed E-state index contributed by atoms with van der Waals surface area (Å²) in [5, 5.41) is 8.87. The molecule has 0 amide bonds. The van der Waals surface area contributed by atoms with E-state index in [0.717, 1.165) is 19.7 Å². The number of carbonyl (C=O) groups is 2. The summed E-state index contributed by atoms with van der Waals surface area (Å²) >= 11 is 0. The fourth-order valence-electron chi connectivity index (χ4n) is 2.14. The Morgan fingerprint density at radius 2 is 2.19 bits per heavy atom. The number of aromatic amines is 1. The third-order valence-corrected chi connectivity index (χ3v) is 4.67. The molecule has 0 spiro atoms. The Balaban J connectivity index is 2.21. The van der Waals surface area contributed by atoms with Crippen LogP contribution in [0.1, 0.15) is 35.6 Å². The average Bonchev–Trinajstić information content (AvgIpc) is 2.83. The first-order valence-corrected chi connectivity index (χ1v) is 7.80. The van der Waals surface area contributed by atoms with Crippen LogP contribution in [0.15, 0.2) is 6.20 Å². The Kier molecular flexibility index (Phi) is 4.01. The van der Waals surface area contributed by atoms with Gasteiger partial charge >= 0.3 is 11.9 Å². The Morgan fingerprint density at radius 3 is 2.62 bits per heavy atom. The van der Waals surface area contributed by atoms with Crippen molar-refractivity contribution in [3.63, 3.8) is 0 Å². The summed E-state index contributed by atoms with van der Waals surface area (Å²) in [6.45, 7) is 0. The summed E-state index contributed by atoms with van der Waals surface area (Å²) in [6.07, 6.45) is 2.84. The third-order valence-electron chi connectivity index (χ3n) is 3.35. The molecule has 1 saturated carbocycles. The van der Waals surface area contributed by atoms with Crippen LogP contribution in [0.2, 0.25) is 0 Å². The van der Waals surface area contributed by atoms with Crippen LogP contribution in [-0.4, -0.2) is 48.3 Å². The van der Waals surface area contributed by atoms with E-state index in [9.17, 15) is 18.0 Å². The fraction of sp³-hybridized carbons (Fsp3) is 0.545. The van der Waals surface area contributed by atoms with Crippen molar-refractivity contribution in [2.24, 2.45) is 0 Å². The van der Waals surface area contributed by atoms with Gasteiger partial charge in [-0.15, -0.1) is 0 Å². The van der Waals surface area contributed by atoms with E-state index in [1.54, 1.807) is 0 Å². The number of nitrogens with one attached hydrogen (secondary N) is 2. The van der Waals surface area contributed by atoms with Gasteiger partial charge in [-0.1, -0.05) is 0 Å². The fourth-order valence-corrected chi connectivity index (χ4v) is 3.53. The molecule has 1 heterocycles. The summed E-state index contributed by atoms with van der Waals surface area (Å²) in [6, 6.07) is 0. The molecule has 0 aliphatic heterocycles. The number of esters is 1. The molecule has 0 saturated heterocycles. The van der Waals surface area contributed by atoms with Crippen molar-refractivity contribution in [3.8, 4) is 0 Å². The molecule has 10 heteroatoms. The largest absolute Gasteiger partial charge is 0.477 e. The van der Waals surface area contributed by atoms with E-state index in [1.807, 2.05) is 0 Å². The minimum atomic E-state index is -3.90. The maximum Gasteiger partial charge on any atom is 0.353 e. The number of methoxy groups -OCH3 is 1. The summed E-state index contributed by atoms with van der Waals surface area (Å²) in [4.78, 5) is 28.5. The van der Waals surface area contributed by atoms with Gasteiger partial charge in [0, 0.05) is 0 Å². The maximum absolute atomic E-state index is 12.0. The Labute approximate surface area is 120 Å². The Hall–Kier alpha value is -1.94. The van der Waals surface area contributed by atoms with E-state index < -0.39 is 33.3 Å². The van der Waals surface area contributed by atoms with Crippen molar-refractivity contribution in [1.29, 1.82) is 0 Å². The molecule has 1 aliphatic carbocycles.